The maximum atomic E-state index is 11.9. The summed E-state index contributed by atoms with van der Waals surface area (Å²) in [5, 5.41) is 4.51. The molecule has 2 aromatic carbocycles. The molecule has 1 saturated heterocycles. The Balaban J connectivity index is 1.47. The van der Waals surface area contributed by atoms with Crippen LogP contribution in [0.4, 0.5) is 0 Å². The summed E-state index contributed by atoms with van der Waals surface area (Å²) in [5.74, 6) is 0.0340. The van der Waals surface area contributed by atoms with Gasteiger partial charge in [-0.3, -0.25) is 4.79 Å². The minimum absolute atomic E-state index is 0.0340. The van der Waals surface area contributed by atoms with Crippen LogP contribution in [-0.2, 0) is 15.7 Å². The van der Waals surface area contributed by atoms with Gasteiger partial charge in [-0.15, -0.1) is 0 Å². The SMILES string of the molecule is CC(=O)NC1(c2ccccc2)CCN(CC2(c3ccc(Cl)c(Cl)c3)CC2)CC1. The highest BCUT2D eigenvalue weighted by Gasteiger charge is 2.47. The molecule has 5 heteroatoms. The van der Waals surface area contributed by atoms with Crippen LogP contribution in [0.2, 0.25) is 10.0 Å². The first-order valence-corrected chi connectivity index (χ1v) is 10.7. The largest absolute Gasteiger partial charge is 0.347 e. The Hall–Kier alpha value is -1.55. The predicted molar refractivity (Wildman–Crippen MR) is 115 cm³/mol. The van der Waals surface area contributed by atoms with Gasteiger partial charge in [-0.1, -0.05) is 59.6 Å². The van der Waals surface area contributed by atoms with Gasteiger partial charge < -0.3 is 10.2 Å². The zero-order valence-electron chi connectivity index (χ0n) is 16.2. The van der Waals surface area contributed by atoms with Crippen LogP contribution in [0.25, 0.3) is 0 Å². The molecule has 0 spiro atoms. The van der Waals surface area contributed by atoms with Crippen molar-refractivity contribution in [3.8, 4) is 0 Å². The predicted octanol–water partition coefficient (Wildman–Crippen LogP) is 5.15. The summed E-state index contributed by atoms with van der Waals surface area (Å²) in [7, 11) is 0. The second kappa shape index (κ2) is 7.70. The van der Waals surface area contributed by atoms with E-state index in [4.69, 9.17) is 23.2 Å². The molecule has 1 aliphatic carbocycles. The van der Waals surface area contributed by atoms with Gasteiger partial charge in [0, 0.05) is 32.0 Å². The van der Waals surface area contributed by atoms with Crippen molar-refractivity contribution in [3.05, 3.63) is 69.7 Å². The fourth-order valence-electron chi connectivity index (χ4n) is 4.62. The number of nitrogens with zero attached hydrogens (tertiary/aromatic N) is 1. The number of likely N-dealkylation sites (tertiary alicyclic amines) is 1. The molecule has 28 heavy (non-hydrogen) atoms. The van der Waals surface area contributed by atoms with Crippen molar-refractivity contribution < 1.29 is 4.79 Å². The number of hydrogen-bond donors (Lipinski definition) is 1. The smallest absolute Gasteiger partial charge is 0.217 e. The molecular formula is C23H26Cl2N2O. The second-order valence-corrected chi connectivity index (χ2v) is 9.13. The average molecular weight is 417 g/mol. The molecule has 1 saturated carbocycles. The minimum atomic E-state index is -0.260. The highest BCUT2D eigenvalue weighted by Crippen LogP contribution is 2.50. The summed E-state index contributed by atoms with van der Waals surface area (Å²) >= 11 is 12.4. The molecule has 0 bridgehead atoms. The number of carbonyl (C=O) groups excluding carboxylic acids is 1. The number of halogens is 2. The fourth-order valence-corrected chi connectivity index (χ4v) is 4.91. The highest BCUT2D eigenvalue weighted by atomic mass is 35.5. The molecule has 0 aromatic heterocycles. The van der Waals surface area contributed by atoms with Crippen molar-refractivity contribution in [1.82, 2.24) is 10.2 Å². The van der Waals surface area contributed by atoms with Crippen molar-refractivity contribution in [2.75, 3.05) is 19.6 Å². The van der Waals surface area contributed by atoms with Crippen LogP contribution in [0.15, 0.2) is 48.5 Å². The van der Waals surface area contributed by atoms with Crippen LogP contribution in [-0.4, -0.2) is 30.4 Å². The Morgan fingerprint density at radius 3 is 2.21 bits per heavy atom. The van der Waals surface area contributed by atoms with E-state index >= 15 is 0 Å². The Kier molecular flexibility index (Phi) is 5.43. The number of rotatable bonds is 5. The zero-order valence-corrected chi connectivity index (χ0v) is 17.7. The summed E-state index contributed by atoms with van der Waals surface area (Å²) in [6.07, 6.45) is 4.23. The molecule has 0 unspecified atom stereocenters. The van der Waals surface area contributed by atoms with Crippen LogP contribution in [0.5, 0.6) is 0 Å². The van der Waals surface area contributed by atoms with E-state index < -0.39 is 0 Å². The van der Waals surface area contributed by atoms with E-state index in [0.717, 1.165) is 32.5 Å². The van der Waals surface area contributed by atoms with Gasteiger partial charge in [0.15, 0.2) is 0 Å². The van der Waals surface area contributed by atoms with Crippen molar-refractivity contribution >= 4 is 29.1 Å². The number of carbonyl (C=O) groups is 1. The van der Waals surface area contributed by atoms with Gasteiger partial charge in [-0.05, 0) is 48.9 Å². The lowest BCUT2D eigenvalue weighted by molar-refractivity contribution is -0.121. The maximum absolute atomic E-state index is 11.9. The zero-order chi connectivity index (χ0) is 19.8. The summed E-state index contributed by atoms with van der Waals surface area (Å²) in [4.78, 5) is 14.4. The highest BCUT2D eigenvalue weighted by molar-refractivity contribution is 6.42. The van der Waals surface area contributed by atoms with Gasteiger partial charge in [-0.25, -0.2) is 0 Å². The van der Waals surface area contributed by atoms with Crippen LogP contribution in [0.3, 0.4) is 0 Å². The third-order valence-electron chi connectivity index (χ3n) is 6.36. The van der Waals surface area contributed by atoms with Crippen molar-refractivity contribution in [2.45, 2.75) is 43.6 Å². The van der Waals surface area contributed by atoms with Gasteiger partial charge >= 0.3 is 0 Å². The molecule has 0 radical (unpaired) electrons. The van der Waals surface area contributed by atoms with Gasteiger partial charge in [0.25, 0.3) is 0 Å². The topological polar surface area (TPSA) is 32.3 Å². The van der Waals surface area contributed by atoms with Gasteiger partial charge in [-0.2, -0.15) is 0 Å². The Morgan fingerprint density at radius 2 is 1.64 bits per heavy atom. The van der Waals surface area contributed by atoms with Crippen LogP contribution in [0, 0.1) is 0 Å². The van der Waals surface area contributed by atoms with E-state index in [2.05, 4.69) is 40.5 Å². The number of hydrogen-bond acceptors (Lipinski definition) is 2. The molecule has 0 atom stereocenters. The van der Waals surface area contributed by atoms with Crippen molar-refractivity contribution in [1.29, 1.82) is 0 Å². The second-order valence-electron chi connectivity index (χ2n) is 8.31. The van der Waals surface area contributed by atoms with E-state index in [0.29, 0.717) is 10.0 Å². The molecule has 4 rings (SSSR count). The lowest BCUT2D eigenvalue weighted by Crippen LogP contribution is -2.53. The Morgan fingerprint density at radius 1 is 0.964 bits per heavy atom. The molecule has 1 N–H and O–H groups in total. The first-order valence-electron chi connectivity index (χ1n) is 9.95. The lowest BCUT2D eigenvalue weighted by atomic mass is 9.80. The van der Waals surface area contributed by atoms with Crippen LogP contribution >= 0.6 is 23.2 Å². The standard InChI is InChI=1S/C23H26Cl2N2O/c1-17(28)26-23(18-5-3-2-4-6-18)11-13-27(14-12-23)16-22(9-10-22)19-7-8-20(24)21(25)15-19/h2-8,15H,9-14,16H2,1H3,(H,26,28). The van der Waals surface area contributed by atoms with E-state index in [9.17, 15) is 4.79 Å². The fraction of sp³-hybridized carbons (Fsp3) is 0.435. The van der Waals surface area contributed by atoms with Gasteiger partial charge in [0.1, 0.15) is 0 Å². The molecule has 1 heterocycles. The lowest BCUT2D eigenvalue weighted by Gasteiger charge is -2.43. The molecule has 148 valence electrons. The summed E-state index contributed by atoms with van der Waals surface area (Å²) in [5.41, 5.74) is 2.44. The monoisotopic (exact) mass is 416 g/mol. The normalized spacial score (nSPS) is 20.5. The van der Waals surface area contributed by atoms with Crippen LogP contribution in [0.1, 0.15) is 43.7 Å². The van der Waals surface area contributed by atoms with E-state index in [-0.39, 0.29) is 16.9 Å². The summed E-state index contributed by atoms with van der Waals surface area (Å²) < 4.78 is 0. The van der Waals surface area contributed by atoms with Gasteiger partial charge in [0.2, 0.25) is 5.91 Å². The number of amides is 1. The Labute approximate surface area is 177 Å². The maximum Gasteiger partial charge on any atom is 0.217 e. The molecule has 3 nitrogen and oxygen atoms in total. The molecule has 1 aliphatic heterocycles. The Bertz CT molecular complexity index is 856. The van der Waals surface area contributed by atoms with Crippen LogP contribution < -0.4 is 5.32 Å². The summed E-state index contributed by atoms with van der Waals surface area (Å²) in [6, 6.07) is 16.4. The molecule has 1 amide bonds. The van der Waals surface area contributed by atoms with E-state index in [1.807, 2.05) is 18.2 Å². The number of nitrogens with one attached hydrogen (secondary N) is 1. The third kappa shape index (κ3) is 3.94. The third-order valence-corrected chi connectivity index (χ3v) is 7.10. The van der Waals surface area contributed by atoms with Crippen molar-refractivity contribution in [2.24, 2.45) is 0 Å². The van der Waals surface area contributed by atoms with Gasteiger partial charge in [0.05, 0.1) is 15.6 Å². The quantitative estimate of drug-likeness (QED) is 0.730. The first-order chi connectivity index (χ1) is 13.4. The molecular weight excluding hydrogens is 391 g/mol. The molecule has 2 aromatic rings. The average Bonchev–Trinajstić information content (AvgIpc) is 3.47. The summed E-state index contributed by atoms with van der Waals surface area (Å²) in [6.45, 7) is 4.59. The number of benzene rings is 2. The van der Waals surface area contributed by atoms with E-state index in [1.54, 1.807) is 6.92 Å². The minimum Gasteiger partial charge on any atom is -0.347 e. The first kappa shape index (κ1) is 19.8. The molecule has 2 fully saturated rings. The van der Waals surface area contributed by atoms with Crippen molar-refractivity contribution in [3.63, 3.8) is 0 Å². The molecule has 2 aliphatic rings. The van der Waals surface area contributed by atoms with E-state index in [1.165, 1.54) is 24.0 Å². The number of piperidine rings is 1.